The predicted molar refractivity (Wildman–Crippen MR) is 39.8 cm³/mol. The standard InChI is InChI=1S/C8H8NO2/c9-7(8(10)11)6-4-2-1-3-5-6/h2-5,7H,9H2,(H,10,11). The van der Waals surface area contributed by atoms with Crippen molar-refractivity contribution in [2.45, 2.75) is 6.04 Å². The van der Waals surface area contributed by atoms with E-state index >= 15 is 0 Å². The molecule has 0 spiro atoms. The molecule has 1 atom stereocenters. The minimum atomic E-state index is -1.02. The van der Waals surface area contributed by atoms with E-state index in [4.69, 9.17) is 10.8 Å². The molecule has 0 saturated heterocycles. The minimum absolute atomic E-state index is 0.594. The second-order valence-electron chi connectivity index (χ2n) is 2.15. The van der Waals surface area contributed by atoms with E-state index in [1.165, 1.54) is 0 Å². The maximum absolute atomic E-state index is 10.4. The first kappa shape index (κ1) is 7.75. The van der Waals surface area contributed by atoms with Gasteiger partial charge in [0, 0.05) is 0 Å². The lowest BCUT2D eigenvalue weighted by Crippen LogP contribution is -2.20. The molecule has 11 heavy (non-hydrogen) atoms. The highest BCUT2D eigenvalue weighted by Crippen LogP contribution is 2.08. The van der Waals surface area contributed by atoms with Gasteiger partial charge in [-0.3, -0.25) is 4.79 Å². The summed E-state index contributed by atoms with van der Waals surface area (Å²) < 4.78 is 0. The zero-order valence-electron chi connectivity index (χ0n) is 5.82. The number of carboxylic acids is 1. The highest BCUT2D eigenvalue weighted by Gasteiger charge is 2.12. The van der Waals surface area contributed by atoms with E-state index in [0.717, 1.165) is 0 Å². The Morgan fingerprint density at radius 2 is 2.09 bits per heavy atom. The fourth-order valence-corrected chi connectivity index (χ4v) is 0.750. The van der Waals surface area contributed by atoms with E-state index in [-0.39, 0.29) is 0 Å². The Labute approximate surface area is 64.5 Å². The van der Waals surface area contributed by atoms with Gasteiger partial charge in [0.25, 0.3) is 0 Å². The molecule has 1 aromatic rings. The zero-order chi connectivity index (χ0) is 8.27. The van der Waals surface area contributed by atoms with Gasteiger partial charge in [0.15, 0.2) is 0 Å². The second-order valence-corrected chi connectivity index (χ2v) is 2.15. The lowest BCUT2D eigenvalue weighted by atomic mass is 10.1. The number of hydrogen-bond donors (Lipinski definition) is 2. The summed E-state index contributed by atoms with van der Waals surface area (Å²) in [5.74, 6) is -1.02. The molecule has 0 aliphatic heterocycles. The smallest absolute Gasteiger partial charge is 0.325 e. The Morgan fingerprint density at radius 1 is 1.55 bits per heavy atom. The summed E-state index contributed by atoms with van der Waals surface area (Å²) in [6.45, 7) is 0. The van der Waals surface area contributed by atoms with Crippen LogP contribution in [0.4, 0.5) is 0 Å². The Morgan fingerprint density at radius 3 is 2.55 bits per heavy atom. The van der Waals surface area contributed by atoms with Crippen molar-refractivity contribution in [1.29, 1.82) is 0 Å². The van der Waals surface area contributed by atoms with Gasteiger partial charge in [0.2, 0.25) is 0 Å². The molecule has 0 fully saturated rings. The van der Waals surface area contributed by atoms with Crippen molar-refractivity contribution in [3.63, 3.8) is 0 Å². The largest absolute Gasteiger partial charge is 0.480 e. The molecule has 3 N–H and O–H groups in total. The van der Waals surface area contributed by atoms with Crippen molar-refractivity contribution in [2.24, 2.45) is 5.73 Å². The maximum atomic E-state index is 10.4. The van der Waals surface area contributed by atoms with Crippen LogP contribution in [0, 0.1) is 6.07 Å². The molecule has 0 aliphatic carbocycles. The molecule has 1 aromatic carbocycles. The lowest BCUT2D eigenvalue weighted by Gasteiger charge is -2.04. The third-order valence-corrected chi connectivity index (χ3v) is 1.37. The van der Waals surface area contributed by atoms with Gasteiger partial charge in [-0.25, -0.2) is 0 Å². The van der Waals surface area contributed by atoms with E-state index in [9.17, 15) is 4.79 Å². The quantitative estimate of drug-likeness (QED) is 0.647. The fourth-order valence-electron chi connectivity index (χ4n) is 0.750. The third kappa shape index (κ3) is 1.78. The topological polar surface area (TPSA) is 63.3 Å². The number of carbonyl (C=O) groups is 1. The van der Waals surface area contributed by atoms with Gasteiger partial charge in [-0.05, 0) is 11.6 Å². The van der Waals surface area contributed by atoms with Gasteiger partial charge < -0.3 is 10.8 Å². The van der Waals surface area contributed by atoms with E-state index in [2.05, 4.69) is 6.07 Å². The van der Waals surface area contributed by atoms with E-state index in [1.54, 1.807) is 24.3 Å². The van der Waals surface area contributed by atoms with Crippen molar-refractivity contribution in [3.8, 4) is 0 Å². The molecule has 0 amide bonds. The van der Waals surface area contributed by atoms with Gasteiger partial charge in [-0.1, -0.05) is 24.3 Å². The molecule has 57 valence electrons. The summed E-state index contributed by atoms with van der Waals surface area (Å²) in [7, 11) is 0. The van der Waals surface area contributed by atoms with Gasteiger partial charge in [0.1, 0.15) is 6.04 Å². The highest BCUT2D eigenvalue weighted by atomic mass is 16.4. The molecule has 1 unspecified atom stereocenters. The SMILES string of the molecule is NC(C(=O)O)c1cc[c]cc1. The summed E-state index contributed by atoms with van der Waals surface area (Å²) in [4.78, 5) is 10.4. The fraction of sp³-hybridized carbons (Fsp3) is 0.125. The molecule has 3 heteroatoms. The molecular formula is C8H8NO2. The summed E-state index contributed by atoms with van der Waals surface area (Å²) >= 11 is 0. The highest BCUT2D eigenvalue weighted by molar-refractivity contribution is 5.75. The predicted octanol–water partition coefficient (Wildman–Crippen LogP) is 0.571. The second kappa shape index (κ2) is 3.16. The molecule has 0 heterocycles. The number of benzene rings is 1. The van der Waals surface area contributed by atoms with Crippen LogP contribution in [0.3, 0.4) is 0 Å². The van der Waals surface area contributed by atoms with Crippen molar-refractivity contribution in [3.05, 3.63) is 35.9 Å². The minimum Gasteiger partial charge on any atom is -0.480 e. The Balaban J connectivity index is 2.85. The van der Waals surface area contributed by atoms with Crippen molar-refractivity contribution in [2.75, 3.05) is 0 Å². The number of carboxylic acid groups (broad SMARTS) is 1. The molecular weight excluding hydrogens is 142 g/mol. The average Bonchev–Trinajstić information content (AvgIpc) is 2.05. The number of nitrogens with two attached hydrogens (primary N) is 1. The van der Waals surface area contributed by atoms with Crippen LogP contribution in [-0.2, 0) is 4.79 Å². The maximum Gasteiger partial charge on any atom is 0.325 e. The first-order valence-corrected chi connectivity index (χ1v) is 3.16. The number of hydrogen-bond acceptors (Lipinski definition) is 2. The summed E-state index contributed by atoms with van der Waals surface area (Å²) in [5.41, 5.74) is 5.92. The van der Waals surface area contributed by atoms with Crippen LogP contribution in [0.2, 0.25) is 0 Å². The molecule has 1 radical (unpaired) electrons. The molecule has 0 aromatic heterocycles. The lowest BCUT2D eigenvalue weighted by molar-refractivity contribution is -0.138. The first-order chi connectivity index (χ1) is 5.22. The van der Waals surface area contributed by atoms with Crippen LogP contribution in [-0.4, -0.2) is 11.1 Å². The van der Waals surface area contributed by atoms with Crippen molar-refractivity contribution in [1.82, 2.24) is 0 Å². The van der Waals surface area contributed by atoms with Gasteiger partial charge in [-0.15, -0.1) is 0 Å². The Hall–Kier alpha value is -1.35. The first-order valence-electron chi connectivity index (χ1n) is 3.16. The third-order valence-electron chi connectivity index (χ3n) is 1.37. The zero-order valence-corrected chi connectivity index (χ0v) is 5.82. The van der Waals surface area contributed by atoms with E-state index < -0.39 is 12.0 Å². The Kier molecular flexibility index (Phi) is 2.23. The van der Waals surface area contributed by atoms with Crippen molar-refractivity contribution >= 4 is 5.97 Å². The van der Waals surface area contributed by atoms with Gasteiger partial charge >= 0.3 is 5.97 Å². The van der Waals surface area contributed by atoms with Gasteiger partial charge in [0.05, 0.1) is 0 Å². The summed E-state index contributed by atoms with van der Waals surface area (Å²) in [5, 5.41) is 8.50. The van der Waals surface area contributed by atoms with Crippen LogP contribution in [0.25, 0.3) is 0 Å². The normalized spacial score (nSPS) is 12.5. The van der Waals surface area contributed by atoms with Crippen molar-refractivity contribution < 1.29 is 9.90 Å². The van der Waals surface area contributed by atoms with Crippen LogP contribution in [0.1, 0.15) is 11.6 Å². The Bertz CT molecular complexity index is 246. The van der Waals surface area contributed by atoms with Crippen LogP contribution < -0.4 is 5.73 Å². The van der Waals surface area contributed by atoms with Crippen LogP contribution in [0.5, 0.6) is 0 Å². The average molecular weight is 150 g/mol. The van der Waals surface area contributed by atoms with E-state index in [1.807, 2.05) is 0 Å². The molecule has 0 bridgehead atoms. The monoisotopic (exact) mass is 150 g/mol. The van der Waals surface area contributed by atoms with Crippen LogP contribution >= 0.6 is 0 Å². The molecule has 0 saturated carbocycles. The molecule has 0 aliphatic rings. The summed E-state index contributed by atoms with van der Waals surface area (Å²) in [6, 6.07) is 8.40. The molecule has 3 nitrogen and oxygen atoms in total. The molecule has 1 rings (SSSR count). The van der Waals surface area contributed by atoms with E-state index in [0.29, 0.717) is 5.56 Å². The number of aliphatic carboxylic acids is 1. The number of rotatable bonds is 2. The van der Waals surface area contributed by atoms with Gasteiger partial charge in [-0.2, -0.15) is 0 Å². The summed E-state index contributed by atoms with van der Waals surface area (Å²) in [6.07, 6.45) is 0. The van der Waals surface area contributed by atoms with Crippen LogP contribution in [0.15, 0.2) is 24.3 Å².